The first-order valence-corrected chi connectivity index (χ1v) is 5.15. The number of amidine groups is 1. The predicted octanol–water partition coefficient (Wildman–Crippen LogP) is 2.54. The molecular formula is C10H10ClF3N2O2. The molecule has 8 heteroatoms. The Kier molecular flexibility index (Phi) is 4.80. The second-order valence-electron chi connectivity index (χ2n) is 3.20. The Hall–Kier alpha value is -1.47. The monoisotopic (exact) mass is 282 g/mol. The number of nitrogens with two attached hydrogens (primary N) is 1. The fourth-order valence-electron chi connectivity index (χ4n) is 1.15. The number of hydrogen-bond donors (Lipinski definition) is 2. The molecule has 0 fully saturated rings. The molecule has 0 heterocycles. The lowest BCUT2D eigenvalue weighted by Gasteiger charge is -2.12. The fourth-order valence-corrected chi connectivity index (χ4v) is 1.31. The van der Waals surface area contributed by atoms with E-state index in [0.29, 0.717) is 5.02 Å². The third-order valence-corrected chi connectivity index (χ3v) is 2.08. The molecule has 0 aliphatic rings. The Labute approximate surface area is 106 Å². The molecule has 1 rings (SSSR count). The Morgan fingerprint density at radius 3 is 2.56 bits per heavy atom. The van der Waals surface area contributed by atoms with Gasteiger partial charge in [-0.05, 0) is 18.2 Å². The second-order valence-corrected chi connectivity index (χ2v) is 3.63. The van der Waals surface area contributed by atoms with Crippen LogP contribution in [0.15, 0.2) is 18.2 Å². The van der Waals surface area contributed by atoms with Gasteiger partial charge in [-0.25, -0.2) is 0 Å². The topological polar surface area (TPSA) is 68.3 Å². The maximum Gasteiger partial charge on any atom is 0.522 e. The van der Waals surface area contributed by atoms with Gasteiger partial charge >= 0.3 is 6.36 Å². The Morgan fingerprint density at radius 2 is 2.00 bits per heavy atom. The zero-order valence-electron chi connectivity index (χ0n) is 9.05. The SMILES string of the molecule is N=C(N)c1ccc(Cl)cc1OCCOC(F)(F)F. The highest BCUT2D eigenvalue weighted by atomic mass is 35.5. The summed E-state index contributed by atoms with van der Waals surface area (Å²) in [6.45, 7) is -0.993. The van der Waals surface area contributed by atoms with Gasteiger partial charge in [-0.15, -0.1) is 13.2 Å². The summed E-state index contributed by atoms with van der Waals surface area (Å²) in [6, 6.07) is 4.31. The molecule has 4 nitrogen and oxygen atoms in total. The van der Waals surface area contributed by atoms with Gasteiger partial charge in [-0.3, -0.25) is 10.1 Å². The molecule has 0 aliphatic carbocycles. The van der Waals surface area contributed by atoms with E-state index in [0.717, 1.165) is 0 Å². The first-order chi connectivity index (χ1) is 8.29. The van der Waals surface area contributed by atoms with Crippen LogP contribution in [0.4, 0.5) is 13.2 Å². The summed E-state index contributed by atoms with van der Waals surface area (Å²) in [6.07, 6.45) is -4.69. The smallest absolute Gasteiger partial charge is 0.490 e. The van der Waals surface area contributed by atoms with Gasteiger partial charge in [0.25, 0.3) is 0 Å². The summed E-state index contributed by atoms with van der Waals surface area (Å²) in [5.74, 6) is -0.126. The first kappa shape index (κ1) is 14.6. The molecule has 0 bridgehead atoms. The van der Waals surface area contributed by atoms with E-state index in [-0.39, 0.29) is 23.8 Å². The number of rotatable bonds is 5. The molecule has 1 aromatic rings. The largest absolute Gasteiger partial charge is 0.522 e. The Morgan fingerprint density at radius 1 is 1.33 bits per heavy atom. The van der Waals surface area contributed by atoms with Gasteiger partial charge in [-0.1, -0.05) is 11.6 Å². The van der Waals surface area contributed by atoms with Crippen molar-refractivity contribution in [3.8, 4) is 5.75 Å². The molecule has 0 spiro atoms. The number of nitrogen functional groups attached to an aromatic ring is 1. The van der Waals surface area contributed by atoms with Gasteiger partial charge in [0.15, 0.2) is 0 Å². The van der Waals surface area contributed by atoms with Gasteiger partial charge in [-0.2, -0.15) is 0 Å². The van der Waals surface area contributed by atoms with Crippen molar-refractivity contribution in [1.82, 2.24) is 0 Å². The average Bonchev–Trinajstić information content (AvgIpc) is 2.22. The lowest BCUT2D eigenvalue weighted by molar-refractivity contribution is -0.325. The number of hydrogen-bond acceptors (Lipinski definition) is 3. The van der Waals surface area contributed by atoms with Crippen LogP contribution >= 0.6 is 11.6 Å². The van der Waals surface area contributed by atoms with Crippen LogP contribution in [0.5, 0.6) is 5.75 Å². The van der Waals surface area contributed by atoms with E-state index in [9.17, 15) is 13.2 Å². The van der Waals surface area contributed by atoms with E-state index in [4.69, 9.17) is 27.5 Å². The van der Waals surface area contributed by atoms with Crippen molar-refractivity contribution in [3.05, 3.63) is 28.8 Å². The zero-order chi connectivity index (χ0) is 13.8. The molecule has 0 atom stereocenters. The molecule has 0 aliphatic heterocycles. The van der Waals surface area contributed by atoms with Crippen molar-refractivity contribution in [3.63, 3.8) is 0 Å². The summed E-state index contributed by atoms with van der Waals surface area (Å²) in [7, 11) is 0. The lowest BCUT2D eigenvalue weighted by Crippen LogP contribution is -2.19. The Bertz CT molecular complexity index is 438. The molecule has 18 heavy (non-hydrogen) atoms. The fraction of sp³-hybridized carbons (Fsp3) is 0.300. The second kappa shape index (κ2) is 5.92. The van der Waals surface area contributed by atoms with E-state index in [2.05, 4.69) is 4.74 Å². The highest BCUT2D eigenvalue weighted by Gasteiger charge is 2.28. The molecule has 0 amide bonds. The van der Waals surface area contributed by atoms with Crippen LogP contribution in [-0.2, 0) is 4.74 Å². The molecule has 0 unspecified atom stereocenters. The van der Waals surface area contributed by atoms with Crippen LogP contribution in [0, 0.1) is 5.41 Å². The molecule has 0 saturated heterocycles. The highest BCUT2D eigenvalue weighted by Crippen LogP contribution is 2.23. The number of benzene rings is 1. The maximum atomic E-state index is 11.7. The van der Waals surface area contributed by atoms with E-state index < -0.39 is 13.0 Å². The van der Waals surface area contributed by atoms with Crippen molar-refractivity contribution in [2.24, 2.45) is 5.73 Å². The number of alkyl halides is 3. The molecule has 0 aromatic heterocycles. The predicted molar refractivity (Wildman–Crippen MR) is 60.0 cm³/mol. The van der Waals surface area contributed by atoms with Crippen LogP contribution in [0.3, 0.4) is 0 Å². The summed E-state index contributed by atoms with van der Waals surface area (Å²) in [4.78, 5) is 0. The van der Waals surface area contributed by atoms with Crippen molar-refractivity contribution in [1.29, 1.82) is 5.41 Å². The minimum Gasteiger partial charge on any atom is -0.490 e. The minimum atomic E-state index is -4.69. The van der Waals surface area contributed by atoms with Gasteiger partial charge in [0.2, 0.25) is 0 Å². The van der Waals surface area contributed by atoms with E-state index in [1.807, 2.05) is 0 Å². The van der Waals surface area contributed by atoms with Crippen LogP contribution in [0.25, 0.3) is 0 Å². The number of nitrogens with one attached hydrogen (secondary N) is 1. The van der Waals surface area contributed by atoms with Crippen LogP contribution in [-0.4, -0.2) is 25.4 Å². The van der Waals surface area contributed by atoms with Gasteiger partial charge < -0.3 is 10.5 Å². The molecule has 1 aromatic carbocycles. The summed E-state index contributed by atoms with van der Waals surface area (Å²) < 4.78 is 43.7. The van der Waals surface area contributed by atoms with Crippen molar-refractivity contribution in [2.75, 3.05) is 13.2 Å². The third-order valence-electron chi connectivity index (χ3n) is 1.84. The normalized spacial score (nSPS) is 11.3. The zero-order valence-corrected chi connectivity index (χ0v) is 9.81. The molecule has 0 saturated carbocycles. The summed E-state index contributed by atoms with van der Waals surface area (Å²) in [5, 5.41) is 7.60. The van der Waals surface area contributed by atoms with Gasteiger partial charge in [0.05, 0.1) is 12.2 Å². The summed E-state index contributed by atoms with van der Waals surface area (Å²) >= 11 is 5.70. The van der Waals surface area contributed by atoms with Crippen molar-refractivity contribution in [2.45, 2.75) is 6.36 Å². The lowest BCUT2D eigenvalue weighted by atomic mass is 10.2. The molecule has 0 radical (unpaired) electrons. The standard InChI is InChI=1S/C10H10ClF3N2O2/c11-6-1-2-7(9(15)16)8(5-6)17-3-4-18-10(12,13)14/h1-2,5H,3-4H2,(H3,15,16). The van der Waals surface area contributed by atoms with Gasteiger partial charge in [0.1, 0.15) is 18.2 Å². The number of ether oxygens (including phenoxy) is 2. The van der Waals surface area contributed by atoms with E-state index in [1.54, 1.807) is 0 Å². The van der Waals surface area contributed by atoms with Crippen molar-refractivity contribution < 1.29 is 22.6 Å². The molecular weight excluding hydrogens is 273 g/mol. The number of halogens is 4. The van der Waals surface area contributed by atoms with E-state index >= 15 is 0 Å². The van der Waals surface area contributed by atoms with Crippen LogP contribution in [0.1, 0.15) is 5.56 Å². The highest BCUT2D eigenvalue weighted by molar-refractivity contribution is 6.30. The molecule has 3 N–H and O–H groups in total. The maximum absolute atomic E-state index is 11.7. The average molecular weight is 283 g/mol. The quantitative estimate of drug-likeness (QED) is 0.495. The minimum absolute atomic E-state index is 0.140. The van der Waals surface area contributed by atoms with E-state index in [1.165, 1.54) is 18.2 Å². The van der Waals surface area contributed by atoms with Crippen LogP contribution < -0.4 is 10.5 Å². The van der Waals surface area contributed by atoms with Crippen LogP contribution in [0.2, 0.25) is 5.02 Å². The first-order valence-electron chi connectivity index (χ1n) is 4.77. The third kappa shape index (κ3) is 4.80. The summed E-state index contributed by atoms with van der Waals surface area (Å²) in [5.41, 5.74) is 5.54. The van der Waals surface area contributed by atoms with Crippen molar-refractivity contribution >= 4 is 17.4 Å². The molecule has 100 valence electrons. The Balaban J connectivity index is 2.61. The van der Waals surface area contributed by atoms with Gasteiger partial charge in [0, 0.05) is 5.02 Å².